The van der Waals surface area contributed by atoms with E-state index < -0.39 is 0 Å². The molecule has 2 rings (SSSR count). The first-order valence-corrected chi connectivity index (χ1v) is 6.37. The lowest BCUT2D eigenvalue weighted by molar-refractivity contribution is -0.00967. The fourth-order valence-electron chi connectivity index (χ4n) is 2.53. The number of rotatable bonds is 4. The molecule has 1 aliphatic heterocycles. The van der Waals surface area contributed by atoms with E-state index in [2.05, 4.69) is 36.3 Å². The van der Waals surface area contributed by atoms with Crippen molar-refractivity contribution in [3.05, 3.63) is 29.6 Å². The van der Waals surface area contributed by atoms with Gasteiger partial charge in [-0.25, -0.2) is 0 Å². The molecular weight excluding hydrogens is 212 g/mol. The largest absolute Gasteiger partial charge is 0.374 e. The number of aromatic nitrogens is 1. The average Bonchev–Trinajstić information content (AvgIpc) is 2.76. The van der Waals surface area contributed by atoms with Gasteiger partial charge in [-0.05, 0) is 45.4 Å². The van der Waals surface area contributed by atoms with Crippen LogP contribution in [0.25, 0.3) is 0 Å². The van der Waals surface area contributed by atoms with Gasteiger partial charge in [-0.1, -0.05) is 6.07 Å². The normalized spacial score (nSPS) is 26.1. The predicted molar refractivity (Wildman–Crippen MR) is 69.1 cm³/mol. The first kappa shape index (κ1) is 12.5. The molecule has 0 spiro atoms. The Kier molecular flexibility index (Phi) is 3.79. The van der Waals surface area contributed by atoms with Crippen LogP contribution in [0.3, 0.4) is 0 Å². The number of aryl methyl sites for hydroxylation is 1. The molecule has 0 radical (unpaired) electrons. The minimum Gasteiger partial charge on any atom is -0.374 e. The third-order valence-corrected chi connectivity index (χ3v) is 3.72. The van der Waals surface area contributed by atoms with E-state index in [0.717, 1.165) is 31.6 Å². The van der Waals surface area contributed by atoms with Gasteiger partial charge in [0.05, 0.1) is 5.60 Å². The molecule has 1 fully saturated rings. The Morgan fingerprint density at radius 1 is 1.53 bits per heavy atom. The molecule has 17 heavy (non-hydrogen) atoms. The summed E-state index contributed by atoms with van der Waals surface area (Å²) in [4.78, 5) is 4.47. The van der Waals surface area contributed by atoms with Gasteiger partial charge in [-0.15, -0.1) is 0 Å². The van der Waals surface area contributed by atoms with E-state index in [4.69, 9.17) is 4.74 Å². The smallest absolute Gasteiger partial charge is 0.0811 e. The van der Waals surface area contributed by atoms with E-state index in [0.29, 0.717) is 6.04 Å². The molecule has 2 heterocycles. The van der Waals surface area contributed by atoms with Crippen LogP contribution in [-0.2, 0) is 11.2 Å². The highest BCUT2D eigenvalue weighted by molar-refractivity contribution is 5.14. The summed E-state index contributed by atoms with van der Waals surface area (Å²) in [7, 11) is 2.01. The van der Waals surface area contributed by atoms with Crippen LogP contribution in [0, 0.1) is 6.92 Å². The summed E-state index contributed by atoms with van der Waals surface area (Å²) in [6, 6.07) is 4.56. The molecule has 3 nitrogen and oxygen atoms in total. The average molecular weight is 234 g/mol. The van der Waals surface area contributed by atoms with Gasteiger partial charge < -0.3 is 10.1 Å². The Hall–Kier alpha value is -0.930. The molecular formula is C14H22N2O. The first-order valence-electron chi connectivity index (χ1n) is 6.37. The van der Waals surface area contributed by atoms with Gasteiger partial charge in [-0.3, -0.25) is 4.98 Å². The Morgan fingerprint density at radius 2 is 2.35 bits per heavy atom. The molecule has 1 aliphatic rings. The number of likely N-dealkylation sites (N-methyl/N-ethyl adjacent to an activating group) is 1. The minimum atomic E-state index is -0.0404. The number of hydrogen-bond acceptors (Lipinski definition) is 3. The van der Waals surface area contributed by atoms with Crippen molar-refractivity contribution in [2.45, 2.75) is 44.8 Å². The van der Waals surface area contributed by atoms with Crippen molar-refractivity contribution in [3.63, 3.8) is 0 Å². The highest BCUT2D eigenvalue weighted by Gasteiger charge is 2.37. The molecule has 2 atom stereocenters. The molecule has 0 aliphatic carbocycles. The molecule has 0 aromatic carbocycles. The van der Waals surface area contributed by atoms with Gasteiger partial charge in [-0.2, -0.15) is 0 Å². The lowest BCUT2D eigenvalue weighted by atomic mass is 9.89. The van der Waals surface area contributed by atoms with E-state index in [1.54, 1.807) is 0 Å². The highest BCUT2D eigenvalue weighted by atomic mass is 16.5. The number of nitrogens with zero attached hydrogens (tertiary/aromatic N) is 1. The molecule has 0 bridgehead atoms. The Morgan fingerprint density at radius 3 is 2.88 bits per heavy atom. The highest BCUT2D eigenvalue weighted by Crippen LogP contribution is 2.29. The van der Waals surface area contributed by atoms with Crippen molar-refractivity contribution in [2.75, 3.05) is 13.7 Å². The van der Waals surface area contributed by atoms with Gasteiger partial charge in [0.2, 0.25) is 0 Å². The first-order chi connectivity index (χ1) is 8.14. The summed E-state index contributed by atoms with van der Waals surface area (Å²) in [5.74, 6) is 0. The van der Waals surface area contributed by atoms with Crippen LogP contribution in [0.5, 0.6) is 0 Å². The molecule has 3 heteroatoms. The zero-order chi connectivity index (χ0) is 12.3. The van der Waals surface area contributed by atoms with Crippen LogP contribution in [0.15, 0.2) is 18.3 Å². The van der Waals surface area contributed by atoms with Crippen LogP contribution in [-0.4, -0.2) is 30.3 Å². The van der Waals surface area contributed by atoms with Crippen LogP contribution < -0.4 is 5.32 Å². The van der Waals surface area contributed by atoms with E-state index >= 15 is 0 Å². The van der Waals surface area contributed by atoms with Crippen molar-refractivity contribution in [1.29, 1.82) is 0 Å². The van der Waals surface area contributed by atoms with Crippen LogP contribution in [0.4, 0.5) is 0 Å². The van der Waals surface area contributed by atoms with Crippen molar-refractivity contribution in [2.24, 2.45) is 0 Å². The van der Waals surface area contributed by atoms with E-state index in [1.165, 1.54) is 5.56 Å². The number of nitrogens with one attached hydrogen (secondary N) is 1. The molecule has 94 valence electrons. The zero-order valence-corrected chi connectivity index (χ0v) is 11.0. The summed E-state index contributed by atoms with van der Waals surface area (Å²) in [6.45, 7) is 5.15. The molecule has 1 N–H and O–H groups in total. The van der Waals surface area contributed by atoms with Crippen LogP contribution >= 0.6 is 0 Å². The topological polar surface area (TPSA) is 34.2 Å². The van der Waals surface area contributed by atoms with Gasteiger partial charge in [0.25, 0.3) is 0 Å². The van der Waals surface area contributed by atoms with Crippen molar-refractivity contribution < 1.29 is 4.74 Å². The molecule has 2 unspecified atom stereocenters. The van der Waals surface area contributed by atoms with Crippen molar-refractivity contribution in [3.8, 4) is 0 Å². The monoisotopic (exact) mass is 234 g/mol. The molecule has 1 aromatic heterocycles. The summed E-state index contributed by atoms with van der Waals surface area (Å²) in [5, 5.41) is 3.38. The maximum Gasteiger partial charge on any atom is 0.0811 e. The molecule has 0 amide bonds. The molecule has 0 saturated carbocycles. The number of ether oxygens (including phenoxy) is 1. The third kappa shape index (κ3) is 2.85. The Bertz CT molecular complexity index is 355. The summed E-state index contributed by atoms with van der Waals surface area (Å²) in [6.07, 6.45) is 5.15. The zero-order valence-electron chi connectivity index (χ0n) is 11.0. The van der Waals surface area contributed by atoms with Crippen molar-refractivity contribution in [1.82, 2.24) is 10.3 Å². The summed E-state index contributed by atoms with van der Waals surface area (Å²) < 4.78 is 5.90. The van der Waals surface area contributed by atoms with Gasteiger partial charge in [0.1, 0.15) is 0 Å². The predicted octanol–water partition coefficient (Wildman–Crippen LogP) is 2.09. The minimum absolute atomic E-state index is 0.0404. The fraction of sp³-hybridized carbons (Fsp3) is 0.643. The summed E-state index contributed by atoms with van der Waals surface area (Å²) in [5.41, 5.74) is 2.30. The fourth-order valence-corrected chi connectivity index (χ4v) is 2.53. The second kappa shape index (κ2) is 5.15. The standard InChI is InChI=1S/C14H22N2O/c1-11-5-6-12(16-10-11)9-13(15-3)14(2)7-4-8-17-14/h5-6,10,13,15H,4,7-9H2,1-3H3. The third-order valence-electron chi connectivity index (χ3n) is 3.72. The van der Waals surface area contributed by atoms with Gasteiger partial charge in [0, 0.05) is 31.0 Å². The van der Waals surface area contributed by atoms with Gasteiger partial charge in [0.15, 0.2) is 0 Å². The van der Waals surface area contributed by atoms with E-state index in [1.807, 2.05) is 13.2 Å². The summed E-state index contributed by atoms with van der Waals surface area (Å²) >= 11 is 0. The number of hydrogen-bond donors (Lipinski definition) is 1. The second-order valence-corrected chi connectivity index (χ2v) is 5.14. The van der Waals surface area contributed by atoms with E-state index in [9.17, 15) is 0 Å². The lowest BCUT2D eigenvalue weighted by Crippen LogP contribution is -2.48. The SMILES string of the molecule is CNC(Cc1ccc(C)cn1)C1(C)CCCO1. The maximum absolute atomic E-state index is 5.90. The van der Waals surface area contributed by atoms with Crippen molar-refractivity contribution >= 4 is 0 Å². The van der Waals surface area contributed by atoms with E-state index in [-0.39, 0.29) is 5.60 Å². The second-order valence-electron chi connectivity index (χ2n) is 5.14. The maximum atomic E-state index is 5.90. The molecule has 1 saturated heterocycles. The number of pyridine rings is 1. The quantitative estimate of drug-likeness (QED) is 0.866. The Labute approximate surface area is 104 Å². The Balaban J connectivity index is 2.06. The van der Waals surface area contributed by atoms with Gasteiger partial charge >= 0.3 is 0 Å². The van der Waals surface area contributed by atoms with Crippen LogP contribution in [0.1, 0.15) is 31.0 Å². The molecule has 1 aromatic rings. The lowest BCUT2D eigenvalue weighted by Gasteiger charge is -2.33. The van der Waals surface area contributed by atoms with Crippen LogP contribution in [0.2, 0.25) is 0 Å².